The van der Waals surface area contributed by atoms with E-state index in [0.717, 1.165) is 11.4 Å². The maximum atomic E-state index is 12.9. The molecule has 1 heterocycles. The summed E-state index contributed by atoms with van der Waals surface area (Å²) in [6.45, 7) is 0. The molecule has 2 aromatic carbocycles. The van der Waals surface area contributed by atoms with Crippen molar-refractivity contribution in [1.82, 2.24) is 9.97 Å². The highest BCUT2D eigenvalue weighted by atomic mass is 32.2. The minimum Gasteiger partial charge on any atom is -0.382 e. The van der Waals surface area contributed by atoms with E-state index in [-0.39, 0.29) is 23.0 Å². The minimum absolute atomic E-state index is 0.112. The molecule has 2 N–H and O–H groups in total. The summed E-state index contributed by atoms with van der Waals surface area (Å²) in [5.74, 6) is 0.133. The first kappa shape index (κ1) is 17.5. The molecule has 0 aliphatic rings. The van der Waals surface area contributed by atoms with Crippen molar-refractivity contribution in [2.24, 2.45) is 0 Å². The van der Waals surface area contributed by atoms with Crippen LogP contribution in [0.5, 0.6) is 0 Å². The summed E-state index contributed by atoms with van der Waals surface area (Å²) in [6.07, 6.45) is 1.36. The number of anilines is 3. The Morgan fingerprint density at radius 1 is 1.08 bits per heavy atom. The van der Waals surface area contributed by atoms with Crippen LogP contribution in [0.15, 0.2) is 72.0 Å². The van der Waals surface area contributed by atoms with Crippen molar-refractivity contribution in [1.29, 1.82) is 5.26 Å². The van der Waals surface area contributed by atoms with Crippen LogP contribution in [0.2, 0.25) is 0 Å². The first-order valence-corrected chi connectivity index (χ1v) is 8.76. The van der Waals surface area contributed by atoms with E-state index in [1.807, 2.05) is 66.7 Å². The van der Waals surface area contributed by atoms with Crippen molar-refractivity contribution in [3.8, 4) is 6.07 Å². The smallest absolute Gasteiger partial charge is 0.242 e. The lowest BCUT2D eigenvalue weighted by Crippen LogP contribution is -2.27. The van der Waals surface area contributed by atoms with Crippen molar-refractivity contribution >= 4 is 34.9 Å². The molecule has 0 saturated carbocycles. The monoisotopic (exact) mass is 361 g/mol. The average molecular weight is 361 g/mol. The Bertz CT molecular complexity index is 902. The van der Waals surface area contributed by atoms with Gasteiger partial charge in [0.15, 0.2) is 5.16 Å². The summed E-state index contributed by atoms with van der Waals surface area (Å²) in [7, 11) is 0. The third kappa shape index (κ3) is 3.99. The van der Waals surface area contributed by atoms with E-state index in [0.29, 0.717) is 5.16 Å². The molecule has 0 radical (unpaired) electrons. The van der Waals surface area contributed by atoms with Gasteiger partial charge in [0.2, 0.25) is 5.91 Å². The molecule has 26 heavy (non-hydrogen) atoms. The number of thioether (sulfide) groups is 1. The summed E-state index contributed by atoms with van der Waals surface area (Å²) in [5, 5.41) is 9.23. The maximum Gasteiger partial charge on any atom is 0.242 e. The summed E-state index contributed by atoms with van der Waals surface area (Å²) < 4.78 is 0. The van der Waals surface area contributed by atoms with Crippen LogP contribution in [0.3, 0.4) is 0 Å². The number of carbonyl (C=O) groups is 1. The number of nitrogens with zero attached hydrogens (tertiary/aromatic N) is 4. The maximum absolute atomic E-state index is 12.9. The summed E-state index contributed by atoms with van der Waals surface area (Å²) >= 11 is 1.18. The van der Waals surface area contributed by atoms with Gasteiger partial charge in [-0.05, 0) is 24.3 Å². The predicted molar refractivity (Wildman–Crippen MR) is 102 cm³/mol. The molecule has 0 saturated heterocycles. The zero-order chi connectivity index (χ0) is 18.4. The molecule has 0 aliphatic heterocycles. The van der Waals surface area contributed by atoms with Gasteiger partial charge in [-0.15, -0.1) is 0 Å². The number of nitrogens with two attached hydrogens (primary N) is 1. The fraction of sp³-hybridized carbons (Fsp3) is 0.0526. The van der Waals surface area contributed by atoms with Crippen molar-refractivity contribution in [2.45, 2.75) is 5.16 Å². The molecule has 0 bridgehead atoms. The predicted octanol–water partition coefficient (Wildman–Crippen LogP) is 3.39. The number of para-hydroxylation sites is 2. The SMILES string of the molecule is N#Cc1cnc(SCC(=O)N(c2ccccc2)c2ccccc2)nc1N. The van der Waals surface area contributed by atoms with Crippen molar-refractivity contribution in [3.63, 3.8) is 0 Å². The number of carbonyl (C=O) groups excluding carboxylic acids is 1. The second kappa shape index (κ2) is 8.14. The van der Waals surface area contributed by atoms with Crippen LogP contribution in [0.4, 0.5) is 17.2 Å². The number of amides is 1. The second-order valence-electron chi connectivity index (χ2n) is 5.25. The largest absolute Gasteiger partial charge is 0.382 e. The molecule has 0 aliphatic carbocycles. The normalized spacial score (nSPS) is 10.1. The van der Waals surface area contributed by atoms with Gasteiger partial charge in [-0.1, -0.05) is 48.2 Å². The second-order valence-corrected chi connectivity index (χ2v) is 6.19. The van der Waals surface area contributed by atoms with Crippen LogP contribution in [-0.4, -0.2) is 21.6 Å². The lowest BCUT2D eigenvalue weighted by atomic mass is 10.2. The van der Waals surface area contributed by atoms with Crippen LogP contribution in [-0.2, 0) is 4.79 Å². The van der Waals surface area contributed by atoms with Crippen LogP contribution in [0.1, 0.15) is 5.56 Å². The zero-order valence-corrected chi connectivity index (χ0v) is 14.6. The van der Waals surface area contributed by atoms with E-state index in [4.69, 9.17) is 11.0 Å². The Kier molecular flexibility index (Phi) is 5.46. The highest BCUT2D eigenvalue weighted by Crippen LogP contribution is 2.27. The highest BCUT2D eigenvalue weighted by Gasteiger charge is 2.18. The Balaban J connectivity index is 1.80. The molecule has 6 nitrogen and oxygen atoms in total. The zero-order valence-electron chi connectivity index (χ0n) is 13.7. The van der Waals surface area contributed by atoms with Crippen molar-refractivity contribution < 1.29 is 4.79 Å². The lowest BCUT2D eigenvalue weighted by Gasteiger charge is -2.22. The van der Waals surface area contributed by atoms with Gasteiger partial charge in [-0.3, -0.25) is 9.69 Å². The Labute approximate surface area is 155 Å². The quantitative estimate of drug-likeness (QED) is 0.553. The number of hydrogen-bond donors (Lipinski definition) is 1. The van der Waals surface area contributed by atoms with E-state index < -0.39 is 0 Å². The molecular weight excluding hydrogens is 346 g/mol. The molecule has 3 aromatic rings. The molecule has 0 unspecified atom stereocenters. The van der Waals surface area contributed by atoms with Crippen LogP contribution in [0, 0.1) is 11.3 Å². The Morgan fingerprint density at radius 3 is 2.15 bits per heavy atom. The topological polar surface area (TPSA) is 95.9 Å². The number of hydrogen-bond acceptors (Lipinski definition) is 6. The molecule has 1 amide bonds. The van der Waals surface area contributed by atoms with Gasteiger partial charge in [0.25, 0.3) is 0 Å². The summed E-state index contributed by atoms with van der Waals surface area (Å²) in [6, 6.07) is 20.8. The Hall–Kier alpha value is -3.37. The van der Waals surface area contributed by atoms with Crippen LogP contribution < -0.4 is 10.6 Å². The first-order chi connectivity index (χ1) is 12.7. The molecule has 3 rings (SSSR count). The summed E-state index contributed by atoms with van der Waals surface area (Å²) in [4.78, 5) is 22.7. The van der Waals surface area contributed by atoms with E-state index in [2.05, 4.69) is 9.97 Å². The van der Waals surface area contributed by atoms with E-state index in [1.54, 1.807) is 4.90 Å². The molecule has 0 spiro atoms. The highest BCUT2D eigenvalue weighted by molar-refractivity contribution is 7.99. The van der Waals surface area contributed by atoms with Gasteiger partial charge in [-0.2, -0.15) is 5.26 Å². The van der Waals surface area contributed by atoms with Crippen LogP contribution in [0.25, 0.3) is 0 Å². The minimum atomic E-state index is -0.112. The van der Waals surface area contributed by atoms with E-state index in [9.17, 15) is 4.79 Å². The number of nitriles is 1. The standard InChI is InChI=1S/C19H15N5OS/c20-11-14-12-22-19(23-18(14)21)26-13-17(25)24(15-7-3-1-4-8-15)16-9-5-2-6-10-16/h1-10,12H,13H2,(H2,21,22,23). The number of rotatable bonds is 5. The van der Waals surface area contributed by atoms with Gasteiger partial charge < -0.3 is 5.73 Å². The van der Waals surface area contributed by atoms with Gasteiger partial charge in [0.05, 0.1) is 11.9 Å². The number of aromatic nitrogens is 2. The number of benzene rings is 2. The molecule has 0 atom stereocenters. The van der Waals surface area contributed by atoms with Crippen LogP contribution >= 0.6 is 11.8 Å². The van der Waals surface area contributed by atoms with Gasteiger partial charge in [0, 0.05) is 11.4 Å². The van der Waals surface area contributed by atoms with Crippen molar-refractivity contribution in [2.75, 3.05) is 16.4 Å². The van der Waals surface area contributed by atoms with Gasteiger partial charge >= 0.3 is 0 Å². The fourth-order valence-electron chi connectivity index (χ4n) is 2.32. The average Bonchev–Trinajstić information content (AvgIpc) is 2.68. The molecular formula is C19H15N5OS. The van der Waals surface area contributed by atoms with Gasteiger partial charge in [-0.25, -0.2) is 9.97 Å². The fourth-order valence-corrected chi connectivity index (χ4v) is 2.99. The number of nitrogen functional groups attached to an aromatic ring is 1. The van der Waals surface area contributed by atoms with E-state index in [1.165, 1.54) is 18.0 Å². The third-order valence-electron chi connectivity index (χ3n) is 3.52. The lowest BCUT2D eigenvalue weighted by molar-refractivity contribution is -0.115. The molecule has 128 valence electrons. The summed E-state index contributed by atoms with van der Waals surface area (Å²) in [5.41, 5.74) is 7.48. The molecule has 0 fully saturated rings. The van der Waals surface area contributed by atoms with Crippen molar-refractivity contribution in [3.05, 3.63) is 72.4 Å². The van der Waals surface area contributed by atoms with E-state index >= 15 is 0 Å². The molecule has 7 heteroatoms. The molecule has 1 aromatic heterocycles. The van der Waals surface area contributed by atoms with Gasteiger partial charge in [0.1, 0.15) is 17.5 Å². The Morgan fingerprint density at radius 2 is 1.65 bits per heavy atom. The first-order valence-electron chi connectivity index (χ1n) is 7.77. The third-order valence-corrected chi connectivity index (χ3v) is 4.37.